The van der Waals surface area contributed by atoms with E-state index in [1.807, 2.05) is 0 Å². The third kappa shape index (κ3) is 4.76. The summed E-state index contributed by atoms with van der Waals surface area (Å²) in [4.78, 5) is 31.8. The van der Waals surface area contributed by atoms with Crippen molar-refractivity contribution in [2.24, 2.45) is 0 Å². The number of hydrogen-bond donors (Lipinski definition) is 1. The molecule has 1 atom stereocenters. The molecule has 4 rings (SSSR count). The third-order valence-corrected chi connectivity index (χ3v) is 5.57. The Morgan fingerprint density at radius 3 is 2.41 bits per heavy atom. The second-order valence-electron chi connectivity index (χ2n) is 7.87. The van der Waals surface area contributed by atoms with Gasteiger partial charge in [0.15, 0.2) is 0 Å². The Kier molecular flexibility index (Phi) is 6.99. The number of carbonyl (C=O) groups is 2. The molecule has 0 radical (unpaired) electrons. The average molecular weight is 512 g/mol. The molecule has 3 heterocycles. The summed E-state index contributed by atoms with van der Waals surface area (Å²) < 4.78 is 40.6. The van der Waals surface area contributed by atoms with Crippen LogP contribution in [0.2, 0.25) is 5.02 Å². The van der Waals surface area contributed by atoms with E-state index >= 15 is 0 Å². The smallest absolute Gasteiger partial charge is 0.322 e. The average Bonchev–Trinajstić information content (AvgIpc) is 3.15. The van der Waals surface area contributed by atoms with E-state index in [1.165, 1.54) is 21.8 Å². The summed E-state index contributed by atoms with van der Waals surface area (Å²) in [7, 11) is 0. The summed E-state index contributed by atoms with van der Waals surface area (Å²) in [6, 6.07) is 6.19. The molecule has 0 saturated carbocycles. The fraction of sp³-hybridized carbons (Fsp3) is 0.273. The highest BCUT2D eigenvalue weighted by Crippen LogP contribution is 2.37. The number of benzene rings is 1. The standard InChI is InChI=1S/C22H19ClF3N5O2.H2S/c1-11-6-14(7-12(2)28-11)29-20(32)16-9-27-31-13(3)10-30(21(33)19(16)31)15-4-5-17(18(23)8-15)22(24,25)26;/h4-9,13H,10H2,1-3H3,(H,28,29,32);1H2/t13-;/m0./s1. The van der Waals surface area contributed by atoms with Crippen LogP contribution in [0, 0.1) is 13.8 Å². The van der Waals surface area contributed by atoms with E-state index in [4.69, 9.17) is 11.6 Å². The second-order valence-corrected chi connectivity index (χ2v) is 8.28. The van der Waals surface area contributed by atoms with Gasteiger partial charge in [-0.1, -0.05) is 11.6 Å². The number of halogens is 4. The van der Waals surface area contributed by atoms with Crippen LogP contribution in [0.1, 0.15) is 50.8 Å². The van der Waals surface area contributed by atoms with Crippen LogP contribution in [0.15, 0.2) is 36.5 Å². The summed E-state index contributed by atoms with van der Waals surface area (Å²) in [5, 5.41) is 6.44. The van der Waals surface area contributed by atoms with Gasteiger partial charge in [0.1, 0.15) is 5.69 Å². The van der Waals surface area contributed by atoms with Crippen molar-refractivity contribution in [3.8, 4) is 0 Å². The van der Waals surface area contributed by atoms with E-state index < -0.39 is 28.6 Å². The zero-order valence-corrected chi connectivity index (χ0v) is 20.1. The Morgan fingerprint density at radius 1 is 1.18 bits per heavy atom. The zero-order valence-electron chi connectivity index (χ0n) is 18.4. The molecule has 180 valence electrons. The first-order valence-corrected chi connectivity index (χ1v) is 10.4. The number of amides is 2. The van der Waals surface area contributed by atoms with E-state index in [9.17, 15) is 22.8 Å². The number of aromatic nitrogens is 3. The fourth-order valence-corrected chi connectivity index (χ4v) is 4.14. The lowest BCUT2D eigenvalue weighted by Crippen LogP contribution is -2.43. The van der Waals surface area contributed by atoms with Crippen molar-refractivity contribution in [2.45, 2.75) is 33.0 Å². The van der Waals surface area contributed by atoms with Gasteiger partial charge in [0.25, 0.3) is 11.8 Å². The molecule has 3 aromatic rings. The molecule has 2 aromatic heterocycles. The Labute approximate surface area is 205 Å². The van der Waals surface area contributed by atoms with Crippen molar-refractivity contribution >= 4 is 48.3 Å². The van der Waals surface area contributed by atoms with Crippen LogP contribution in [-0.4, -0.2) is 33.1 Å². The van der Waals surface area contributed by atoms with Crippen LogP contribution in [-0.2, 0) is 6.18 Å². The first kappa shape index (κ1) is 25.6. The maximum absolute atomic E-state index is 13.3. The molecule has 0 bridgehead atoms. The number of nitrogens with one attached hydrogen (secondary N) is 1. The van der Waals surface area contributed by atoms with Crippen LogP contribution >= 0.6 is 25.1 Å². The topological polar surface area (TPSA) is 80.1 Å². The van der Waals surface area contributed by atoms with Crippen molar-refractivity contribution in [1.82, 2.24) is 14.8 Å². The molecule has 1 aliphatic rings. The monoisotopic (exact) mass is 511 g/mol. The summed E-state index contributed by atoms with van der Waals surface area (Å²) in [5.74, 6) is -1.09. The molecule has 34 heavy (non-hydrogen) atoms. The fourth-order valence-electron chi connectivity index (χ4n) is 3.86. The van der Waals surface area contributed by atoms with Gasteiger partial charge in [-0.3, -0.25) is 19.3 Å². The zero-order chi connectivity index (χ0) is 24.1. The number of alkyl halides is 3. The Bertz CT molecular complexity index is 1260. The third-order valence-electron chi connectivity index (χ3n) is 5.26. The molecule has 1 aromatic carbocycles. The van der Waals surface area contributed by atoms with Crippen molar-refractivity contribution in [3.63, 3.8) is 0 Å². The molecule has 1 aliphatic heterocycles. The van der Waals surface area contributed by atoms with Gasteiger partial charge in [0, 0.05) is 29.3 Å². The van der Waals surface area contributed by atoms with Gasteiger partial charge < -0.3 is 10.2 Å². The number of nitrogens with zero attached hydrogens (tertiary/aromatic N) is 4. The molecular weight excluding hydrogens is 491 g/mol. The molecule has 0 fully saturated rings. The van der Waals surface area contributed by atoms with Crippen molar-refractivity contribution in [1.29, 1.82) is 0 Å². The normalized spacial score (nSPS) is 15.6. The summed E-state index contributed by atoms with van der Waals surface area (Å²) in [6.45, 7) is 5.53. The van der Waals surface area contributed by atoms with Crippen molar-refractivity contribution in [3.05, 3.63) is 69.8 Å². The summed E-state index contributed by atoms with van der Waals surface area (Å²) in [5.41, 5.74) is 1.27. The Morgan fingerprint density at radius 2 is 1.82 bits per heavy atom. The maximum Gasteiger partial charge on any atom is 0.417 e. The number of aryl methyl sites for hydroxylation is 2. The van der Waals surface area contributed by atoms with E-state index in [0.717, 1.165) is 23.5 Å². The molecule has 0 aliphatic carbocycles. The predicted molar refractivity (Wildman–Crippen MR) is 127 cm³/mol. The van der Waals surface area contributed by atoms with Gasteiger partial charge >= 0.3 is 6.18 Å². The van der Waals surface area contributed by atoms with Gasteiger partial charge in [-0.05, 0) is 51.1 Å². The molecule has 0 saturated heterocycles. The summed E-state index contributed by atoms with van der Waals surface area (Å²) in [6.07, 6.45) is -3.30. The van der Waals surface area contributed by atoms with Gasteiger partial charge in [0.05, 0.1) is 28.4 Å². The number of hydrogen-bond acceptors (Lipinski definition) is 4. The molecule has 0 spiro atoms. The van der Waals surface area contributed by atoms with Crippen LogP contribution in [0.5, 0.6) is 0 Å². The molecule has 2 amide bonds. The largest absolute Gasteiger partial charge is 0.417 e. The highest BCUT2D eigenvalue weighted by molar-refractivity contribution is 7.59. The molecule has 12 heteroatoms. The number of anilines is 2. The number of rotatable bonds is 3. The van der Waals surface area contributed by atoms with Crippen molar-refractivity contribution in [2.75, 3.05) is 16.8 Å². The minimum atomic E-state index is -4.61. The van der Waals surface area contributed by atoms with Gasteiger partial charge in [0.2, 0.25) is 0 Å². The van der Waals surface area contributed by atoms with Crippen LogP contribution in [0.4, 0.5) is 24.5 Å². The first-order valence-electron chi connectivity index (χ1n) is 9.98. The predicted octanol–water partition coefficient (Wildman–Crippen LogP) is 5.15. The quantitative estimate of drug-likeness (QED) is 0.527. The van der Waals surface area contributed by atoms with Crippen molar-refractivity contribution < 1.29 is 22.8 Å². The second kappa shape index (κ2) is 9.30. The molecule has 1 N–H and O–H groups in total. The Hall–Kier alpha value is -3.05. The number of carbonyl (C=O) groups excluding carboxylic acids is 2. The first-order chi connectivity index (χ1) is 15.5. The highest BCUT2D eigenvalue weighted by Gasteiger charge is 2.37. The van der Waals surface area contributed by atoms with Crippen LogP contribution in [0.3, 0.4) is 0 Å². The van der Waals surface area contributed by atoms with Gasteiger partial charge in [-0.15, -0.1) is 0 Å². The highest BCUT2D eigenvalue weighted by atomic mass is 35.5. The van der Waals surface area contributed by atoms with E-state index in [0.29, 0.717) is 5.69 Å². The molecule has 7 nitrogen and oxygen atoms in total. The maximum atomic E-state index is 13.3. The van der Waals surface area contributed by atoms with E-state index in [1.54, 1.807) is 32.9 Å². The van der Waals surface area contributed by atoms with Crippen LogP contribution < -0.4 is 10.2 Å². The Balaban J connectivity index is 0.00000324. The minimum Gasteiger partial charge on any atom is -0.322 e. The van der Waals surface area contributed by atoms with Crippen LogP contribution in [0.25, 0.3) is 0 Å². The lowest BCUT2D eigenvalue weighted by Gasteiger charge is -2.32. The lowest BCUT2D eigenvalue weighted by molar-refractivity contribution is -0.137. The lowest BCUT2D eigenvalue weighted by atomic mass is 10.1. The summed E-state index contributed by atoms with van der Waals surface area (Å²) >= 11 is 5.85. The number of pyridine rings is 1. The molecule has 0 unspecified atom stereocenters. The van der Waals surface area contributed by atoms with E-state index in [-0.39, 0.29) is 43.0 Å². The molecular formula is C22H21ClF3N5O2S. The van der Waals surface area contributed by atoms with Gasteiger partial charge in [-0.2, -0.15) is 31.8 Å². The van der Waals surface area contributed by atoms with Gasteiger partial charge in [-0.25, -0.2) is 0 Å². The number of fused-ring (bicyclic) bond motifs is 1. The SMILES string of the molecule is Cc1cc(NC(=O)c2cnn3c2C(=O)N(c2ccc(C(F)(F)F)c(Cl)c2)C[C@@H]3C)cc(C)n1.S. The minimum absolute atomic E-state index is 0. The van der Waals surface area contributed by atoms with E-state index in [2.05, 4.69) is 15.4 Å².